The van der Waals surface area contributed by atoms with Gasteiger partial charge in [-0.15, -0.1) is 0 Å². The van der Waals surface area contributed by atoms with Gasteiger partial charge in [-0.2, -0.15) is 0 Å². The number of nitrogens with zero attached hydrogens (tertiary/aromatic N) is 2. The number of rotatable bonds is 5. The lowest BCUT2D eigenvalue weighted by molar-refractivity contribution is 0.164. The highest BCUT2D eigenvalue weighted by atomic mass is 16.5. The Morgan fingerprint density at radius 2 is 2.00 bits per heavy atom. The largest absolute Gasteiger partial charge is 0.385 e. The highest BCUT2D eigenvalue weighted by Gasteiger charge is 2.02. The van der Waals surface area contributed by atoms with E-state index in [-0.39, 0.29) is 0 Å². The highest BCUT2D eigenvalue weighted by molar-refractivity contribution is 5.78. The molecular weight excluding hydrogens is 214 g/mol. The van der Waals surface area contributed by atoms with Crippen molar-refractivity contribution < 1.29 is 4.74 Å². The summed E-state index contributed by atoms with van der Waals surface area (Å²) in [6.45, 7) is 3.80. The summed E-state index contributed by atoms with van der Waals surface area (Å²) in [5, 5.41) is 3.37. The molecule has 4 nitrogen and oxygen atoms in total. The van der Waals surface area contributed by atoms with Crippen LogP contribution in [0.15, 0.2) is 30.6 Å². The normalized spacial score (nSPS) is 12.6. The first-order chi connectivity index (χ1) is 8.29. The van der Waals surface area contributed by atoms with Crippen LogP contribution in [0.4, 0.5) is 5.69 Å². The van der Waals surface area contributed by atoms with Crippen molar-refractivity contribution in [2.75, 3.05) is 25.6 Å². The molecule has 0 amide bonds. The van der Waals surface area contributed by atoms with Crippen LogP contribution in [0.25, 0.3) is 11.0 Å². The molecule has 1 aromatic carbocycles. The van der Waals surface area contributed by atoms with E-state index < -0.39 is 0 Å². The molecule has 0 spiro atoms. The Hall–Kier alpha value is -1.68. The first-order valence-corrected chi connectivity index (χ1v) is 5.73. The number of fused-ring (bicyclic) bond motifs is 1. The summed E-state index contributed by atoms with van der Waals surface area (Å²) >= 11 is 0. The Bertz CT molecular complexity index is 487. The second-order valence-corrected chi connectivity index (χ2v) is 4.20. The molecule has 0 saturated carbocycles. The van der Waals surface area contributed by atoms with Gasteiger partial charge in [0, 0.05) is 31.7 Å². The van der Waals surface area contributed by atoms with Crippen LogP contribution in [0.5, 0.6) is 0 Å². The van der Waals surface area contributed by atoms with Gasteiger partial charge in [0.1, 0.15) is 0 Å². The second-order valence-electron chi connectivity index (χ2n) is 4.20. The molecule has 2 rings (SSSR count). The van der Waals surface area contributed by atoms with Crippen molar-refractivity contribution in [3.05, 3.63) is 30.6 Å². The second kappa shape index (κ2) is 5.59. The Kier molecular flexibility index (Phi) is 3.88. The van der Waals surface area contributed by atoms with E-state index >= 15 is 0 Å². The Balaban J connectivity index is 2.04. The summed E-state index contributed by atoms with van der Waals surface area (Å²) in [5.74, 6) is 0.484. The van der Waals surface area contributed by atoms with Gasteiger partial charge in [-0.05, 0) is 24.1 Å². The topological polar surface area (TPSA) is 47.0 Å². The van der Waals surface area contributed by atoms with E-state index in [0.717, 1.165) is 29.9 Å². The molecule has 1 atom stereocenters. The number of anilines is 1. The fourth-order valence-corrected chi connectivity index (χ4v) is 1.71. The molecule has 0 saturated heterocycles. The summed E-state index contributed by atoms with van der Waals surface area (Å²) in [6, 6.07) is 6.02. The minimum atomic E-state index is 0.484. The zero-order valence-electron chi connectivity index (χ0n) is 10.2. The van der Waals surface area contributed by atoms with E-state index in [9.17, 15) is 0 Å². The van der Waals surface area contributed by atoms with Crippen molar-refractivity contribution >= 4 is 16.7 Å². The number of benzene rings is 1. The van der Waals surface area contributed by atoms with Crippen LogP contribution < -0.4 is 5.32 Å². The maximum Gasteiger partial charge on any atom is 0.0907 e. The van der Waals surface area contributed by atoms with Crippen LogP contribution in [0.2, 0.25) is 0 Å². The van der Waals surface area contributed by atoms with Crippen molar-refractivity contribution in [1.29, 1.82) is 0 Å². The number of hydrogen-bond acceptors (Lipinski definition) is 4. The third-order valence-corrected chi connectivity index (χ3v) is 2.58. The van der Waals surface area contributed by atoms with Crippen LogP contribution in [-0.4, -0.2) is 30.2 Å². The Morgan fingerprint density at radius 1 is 1.24 bits per heavy atom. The molecule has 0 aliphatic carbocycles. The van der Waals surface area contributed by atoms with Crippen LogP contribution in [0, 0.1) is 5.92 Å². The van der Waals surface area contributed by atoms with E-state index in [2.05, 4.69) is 22.2 Å². The molecular formula is C13H17N3O. The predicted octanol–water partition coefficient (Wildman–Crippen LogP) is 2.32. The van der Waals surface area contributed by atoms with Crippen LogP contribution in [0.1, 0.15) is 6.92 Å². The number of hydrogen-bond donors (Lipinski definition) is 1. The number of aromatic nitrogens is 2. The first-order valence-electron chi connectivity index (χ1n) is 5.73. The van der Waals surface area contributed by atoms with Gasteiger partial charge in [0.05, 0.1) is 17.6 Å². The molecule has 1 N–H and O–H groups in total. The lowest BCUT2D eigenvalue weighted by Gasteiger charge is -2.12. The molecule has 0 aliphatic rings. The molecule has 17 heavy (non-hydrogen) atoms. The Morgan fingerprint density at radius 3 is 2.76 bits per heavy atom. The SMILES string of the molecule is COCC(C)CNc1ccc2nccnc2c1. The number of methoxy groups -OCH3 is 1. The third kappa shape index (κ3) is 3.14. The minimum Gasteiger partial charge on any atom is -0.385 e. The molecule has 4 heteroatoms. The quantitative estimate of drug-likeness (QED) is 0.858. The van der Waals surface area contributed by atoms with E-state index in [4.69, 9.17) is 4.74 Å². The van der Waals surface area contributed by atoms with Gasteiger partial charge in [-0.3, -0.25) is 9.97 Å². The summed E-state index contributed by atoms with van der Waals surface area (Å²) < 4.78 is 5.10. The molecule has 0 fully saturated rings. The van der Waals surface area contributed by atoms with Crippen molar-refractivity contribution in [1.82, 2.24) is 9.97 Å². The van der Waals surface area contributed by atoms with E-state index in [0.29, 0.717) is 5.92 Å². The van der Waals surface area contributed by atoms with Crippen molar-refractivity contribution in [2.24, 2.45) is 5.92 Å². The number of nitrogens with one attached hydrogen (secondary N) is 1. The van der Waals surface area contributed by atoms with Gasteiger partial charge in [0.25, 0.3) is 0 Å². The fourth-order valence-electron chi connectivity index (χ4n) is 1.71. The van der Waals surface area contributed by atoms with Crippen LogP contribution in [0.3, 0.4) is 0 Å². The van der Waals surface area contributed by atoms with Gasteiger partial charge in [-0.25, -0.2) is 0 Å². The van der Waals surface area contributed by atoms with Gasteiger partial charge >= 0.3 is 0 Å². The van der Waals surface area contributed by atoms with Crippen molar-refractivity contribution in [3.8, 4) is 0 Å². The summed E-state index contributed by atoms with van der Waals surface area (Å²) in [7, 11) is 1.72. The molecule has 0 bridgehead atoms. The van der Waals surface area contributed by atoms with Crippen LogP contribution >= 0.6 is 0 Å². The molecule has 1 heterocycles. The van der Waals surface area contributed by atoms with Crippen LogP contribution in [-0.2, 0) is 4.74 Å². The van der Waals surface area contributed by atoms with Crippen molar-refractivity contribution in [2.45, 2.75) is 6.92 Å². The predicted molar refractivity (Wildman–Crippen MR) is 69.1 cm³/mol. The van der Waals surface area contributed by atoms with E-state index in [1.165, 1.54) is 0 Å². The van der Waals surface area contributed by atoms with Gasteiger partial charge in [0.15, 0.2) is 0 Å². The van der Waals surface area contributed by atoms with Gasteiger partial charge < -0.3 is 10.1 Å². The average Bonchev–Trinajstić information content (AvgIpc) is 2.36. The summed E-state index contributed by atoms with van der Waals surface area (Å²) in [4.78, 5) is 8.51. The average molecular weight is 231 g/mol. The molecule has 1 unspecified atom stereocenters. The van der Waals surface area contributed by atoms with Gasteiger partial charge in [-0.1, -0.05) is 6.92 Å². The molecule has 0 aliphatic heterocycles. The highest BCUT2D eigenvalue weighted by Crippen LogP contribution is 2.15. The lowest BCUT2D eigenvalue weighted by Crippen LogP contribution is -2.15. The Labute approximate surface area is 101 Å². The first kappa shape index (κ1) is 11.8. The minimum absolute atomic E-state index is 0.484. The molecule has 0 radical (unpaired) electrons. The number of ether oxygens (including phenoxy) is 1. The summed E-state index contributed by atoms with van der Waals surface area (Å²) in [6.07, 6.45) is 3.41. The zero-order valence-corrected chi connectivity index (χ0v) is 10.2. The van der Waals surface area contributed by atoms with E-state index in [1.807, 2.05) is 18.2 Å². The fraction of sp³-hybridized carbons (Fsp3) is 0.385. The van der Waals surface area contributed by atoms with E-state index in [1.54, 1.807) is 19.5 Å². The summed E-state index contributed by atoms with van der Waals surface area (Å²) in [5.41, 5.74) is 2.90. The third-order valence-electron chi connectivity index (χ3n) is 2.58. The molecule has 1 aromatic heterocycles. The maximum absolute atomic E-state index is 5.10. The van der Waals surface area contributed by atoms with Gasteiger partial charge in [0.2, 0.25) is 0 Å². The maximum atomic E-state index is 5.10. The lowest BCUT2D eigenvalue weighted by atomic mass is 10.2. The van der Waals surface area contributed by atoms with Crippen molar-refractivity contribution in [3.63, 3.8) is 0 Å². The molecule has 2 aromatic rings. The zero-order chi connectivity index (χ0) is 12.1. The monoisotopic (exact) mass is 231 g/mol. The smallest absolute Gasteiger partial charge is 0.0907 e. The standard InChI is InChI=1S/C13H17N3O/c1-10(9-17-2)8-16-11-3-4-12-13(7-11)15-6-5-14-12/h3-7,10,16H,8-9H2,1-2H3. The molecule has 90 valence electrons.